The SMILES string of the molecule is NCCN1CCOC(COCC2CC2)C1. The molecule has 0 amide bonds. The van der Waals surface area contributed by atoms with Crippen LogP contribution in [0, 0.1) is 5.92 Å². The molecule has 1 aliphatic heterocycles. The third-order valence-corrected chi connectivity index (χ3v) is 3.02. The van der Waals surface area contributed by atoms with Crippen molar-refractivity contribution in [2.24, 2.45) is 11.7 Å². The van der Waals surface area contributed by atoms with E-state index < -0.39 is 0 Å². The Morgan fingerprint density at radius 2 is 2.20 bits per heavy atom. The van der Waals surface area contributed by atoms with Crippen molar-refractivity contribution >= 4 is 0 Å². The summed E-state index contributed by atoms with van der Waals surface area (Å²) in [5.41, 5.74) is 5.54. The van der Waals surface area contributed by atoms with E-state index in [4.69, 9.17) is 15.2 Å². The molecule has 15 heavy (non-hydrogen) atoms. The van der Waals surface area contributed by atoms with Crippen LogP contribution in [0.2, 0.25) is 0 Å². The highest BCUT2D eigenvalue weighted by atomic mass is 16.5. The van der Waals surface area contributed by atoms with Crippen molar-refractivity contribution in [3.63, 3.8) is 0 Å². The van der Waals surface area contributed by atoms with Gasteiger partial charge in [-0.25, -0.2) is 0 Å². The summed E-state index contributed by atoms with van der Waals surface area (Å²) in [4.78, 5) is 2.36. The predicted octanol–water partition coefficient (Wildman–Crippen LogP) is 0.0725. The molecule has 0 aromatic carbocycles. The minimum absolute atomic E-state index is 0.254. The molecule has 1 unspecified atom stereocenters. The minimum atomic E-state index is 0.254. The molecule has 88 valence electrons. The van der Waals surface area contributed by atoms with Crippen LogP contribution in [0.3, 0.4) is 0 Å². The van der Waals surface area contributed by atoms with Gasteiger partial charge in [-0.3, -0.25) is 4.90 Å². The maximum Gasteiger partial charge on any atom is 0.0935 e. The van der Waals surface area contributed by atoms with Gasteiger partial charge in [0.1, 0.15) is 0 Å². The maximum absolute atomic E-state index is 5.65. The molecule has 1 atom stereocenters. The van der Waals surface area contributed by atoms with Crippen LogP contribution in [-0.2, 0) is 9.47 Å². The fourth-order valence-corrected chi connectivity index (χ4v) is 1.92. The second-order valence-corrected chi connectivity index (χ2v) is 4.56. The number of nitrogens with zero attached hydrogens (tertiary/aromatic N) is 1. The summed E-state index contributed by atoms with van der Waals surface area (Å²) in [5.74, 6) is 0.841. The lowest BCUT2D eigenvalue weighted by Crippen LogP contribution is -2.46. The number of ether oxygens (including phenoxy) is 2. The van der Waals surface area contributed by atoms with Gasteiger partial charge in [-0.15, -0.1) is 0 Å². The third-order valence-electron chi connectivity index (χ3n) is 3.02. The third kappa shape index (κ3) is 4.07. The lowest BCUT2D eigenvalue weighted by atomic mass is 10.3. The second-order valence-electron chi connectivity index (χ2n) is 4.56. The van der Waals surface area contributed by atoms with E-state index in [1.54, 1.807) is 0 Å². The molecule has 2 aliphatic rings. The van der Waals surface area contributed by atoms with Crippen LogP contribution in [0.5, 0.6) is 0 Å². The topological polar surface area (TPSA) is 47.7 Å². The van der Waals surface area contributed by atoms with Gasteiger partial charge in [0.2, 0.25) is 0 Å². The fourth-order valence-electron chi connectivity index (χ4n) is 1.92. The van der Waals surface area contributed by atoms with Crippen molar-refractivity contribution in [3.05, 3.63) is 0 Å². The summed E-state index contributed by atoms with van der Waals surface area (Å²) in [6.07, 6.45) is 2.96. The highest BCUT2D eigenvalue weighted by molar-refractivity contribution is 4.74. The summed E-state index contributed by atoms with van der Waals surface area (Å²) in [7, 11) is 0. The van der Waals surface area contributed by atoms with Crippen molar-refractivity contribution in [1.82, 2.24) is 4.90 Å². The normalized spacial score (nSPS) is 28.2. The molecule has 0 spiro atoms. The average molecular weight is 214 g/mol. The number of hydrogen-bond donors (Lipinski definition) is 1. The summed E-state index contributed by atoms with van der Waals surface area (Å²) >= 11 is 0. The van der Waals surface area contributed by atoms with Gasteiger partial charge in [-0.1, -0.05) is 0 Å². The molecule has 1 saturated heterocycles. The van der Waals surface area contributed by atoms with Crippen molar-refractivity contribution in [1.29, 1.82) is 0 Å². The molecule has 2 rings (SSSR count). The van der Waals surface area contributed by atoms with Crippen molar-refractivity contribution < 1.29 is 9.47 Å². The lowest BCUT2D eigenvalue weighted by molar-refractivity contribution is -0.0695. The number of rotatable bonds is 6. The molecule has 4 nitrogen and oxygen atoms in total. The first kappa shape index (κ1) is 11.3. The molecule has 0 aromatic rings. The first-order valence-corrected chi connectivity index (χ1v) is 6.00. The molecule has 0 radical (unpaired) electrons. The largest absolute Gasteiger partial charge is 0.378 e. The number of morpholine rings is 1. The van der Waals surface area contributed by atoms with Gasteiger partial charge in [0, 0.05) is 32.8 Å². The summed E-state index contributed by atoms with van der Waals surface area (Å²) in [5, 5.41) is 0. The quantitative estimate of drug-likeness (QED) is 0.680. The van der Waals surface area contributed by atoms with Crippen LogP contribution >= 0.6 is 0 Å². The van der Waals surface area contributed by atoms with Crippen molar-refractivity contribution in [2.75, 3.05) is 46.0 Å². The summed E-state index contributed by atoms with van der Waals surface area (Å²) < 4.78 is 11.3. The van der Waals surface area contributed by atoms with Gasteiger partial charge in [0.15, 0.2) is 0 Å². The van der Waals surface area contributed by atoms with Gasteiger partial charge >= 0.3 is 0 Å². The zero-order chi connectivity index (χ0) is 10.5. The molecule has 0 bridgehead atoms. The zero-order valence-corrected chi connectivity index (χ0v) is 9.36. The van der Waals surface area contributed by atoms with Crippen LogP contribution in [0.25, 0.3) is 0 Å². The fraction of sp³-hybridized carbons (Fsp3) is 1.00. The molecule has 2 N–H and O–H groups in total. The van der Waals surface area contributed by atoms with Crippen LogP contribution < -0.4 is 5.73 Å². The molecule has 1 aliphatic carbocycles. The van der Waals surface area contributed by atoms with Gasteiger partial charge in [0.05, 0.1) is 19.3 Å². The van der Waals surface area contributed by atoms with Crippen LogP contribution in [0.4, 0.5) is 0 Å². The van der Waals surface area contributed by atoms with Gasteiger partial charge < -0.3 is 15.2 Å². The molecule has 2 fully saturated rings. The Morgan fingerprint density at radius 1 is 1.33 bits per heavy atom. The highest BCUT2D eigenvalue weighted by Crippen LogP contribution is 2.28. The molecule has 0 aromatic heterocycles. The van der Waals surface area contributed by atoms with Gasteiger partial charge in [0.25, 0.3) is 0 Å². The summed E-state index contributed by atoms with van der Waals surface area (Å²) in [6, 6.07) is 0. The average Bonchev–Trinajstić information content (AvgIpc) is 3.03. The first-order chi connectivity index (χ1) is 7.38. The van der Waals surface area contributed by atoms with Crippen LogP contribution in [-0.4, -0.2) is 57.0 Å². The van der Waals surface area contributed by atoms with E-state index in [0.717, 1.165) is 51.9 Å². The molecule has 4 heteroatoms. The molecule has 1 saturated carbocycles. The number of hydrogen-bond acceptors (Lipinski definition) is 4. The van der Waals surface area contributed by atoms with E-state index >= 15 is 0 Å². The standard InChI is InChI=1S/C11H22N2O2/c12-3-4-13-5-6-15-11(7-13)9-14-8-10-1-2-10/h10-11H,1-9,12H2. The van der Waals surface area contributed by atoms with Gasteiger partial charge in [-0.2, -0.15) is 0 Å². The first-order valence-electron chi connectivity index (χ1n) is 6.00. The predicted molar refractivity (Wildman–Crippen MR) is 58.8 cm³/mol. The Bertz CT molecular complexity index is 183. The smallest absolute Gasteiger partial charge is 0.0935 e. The Labute approximate surface area is 91.7 Å². The Hall–Kier alpha value is -0.160. The Morgan fingerprint density at radius 3 is 2.93 bits per heavy atom. The van der Waals surface area contributed by atoms with Crippen LogP contribution in [0.1, 0.15) is 12.8 Å². The van der Waals surface area contributed by atoms with E-state index in [2.05, 4.69) is 4.90 Å². The lowest BCUT2D eigenvalue weighted by Gasteiger charge is -2.32. The van der Waals surface area contributed by atoms with Crippen molar-refractivity contribution in [3.8, 4) is 0 Å². The van der Waals surface area contributed by atoms with E-state index in [1.165, 1.54) is 12.8 Å². The minimum Gasteiger partial charge on any atom is -0.378 e. The zero-order valence-electron chi connectivity index (χ0n) is 9.36. The monoisotopic (exact) mass is 214 g/mol. The van der Waals surface area contributed by atoms with E-state index in [-0.39, 0.29) is 6.10 Å². The molecular weight excluding hydrogens is 192 g/mol. The molecule has 1 heterocycles. The Balaban J connectivity index is 1.58. The summed E-state index contributed by atoms with van der Waals surface area (Å²) in [6.45, 7) is 6.18. The Kier molecular flexibility index (Phi) is 4.38. The highest BCUT2D eigenvalue weighted by Gasteiger charge is 2.23. The van der Waals surface area contributed by atoms with E-state index in [0.29, 0.717) is 0 Å². The van der Waals surface area contributed by atoms with Crippen molar-refractivity contribution in [2.45, 2.75) is 18.9 Å². The van der Waals surface area contributed by atoms with Crippen LogP contribution in [0.15, 0.2) is 0 Å². The second kappa shape index (κ2) is 5.80. The van der Waals surface area contributed by atoms with E-state index in [1.807, 2.05) is 0 Å². The number of nitrogens with two attached hydrogens (primary N) is 1. The molecular formula is C11H22N2O2. The van der Waals surface area contributed by atoms with Gasteiger partial charge in [-0.05, 0) is 18.8 Å². The maximum atomic E-state index is 5.65. The van der Waals surface area contributed by atoms with E-state index in [9.17, 15) is 0 Å².